The van der Waals surface area contributed by atoms with Gasteiger partial charge in [0, 0.05) is 30.5 Å². The molecule has 4 rings (SSSR count). The summed E-state index contributed by atoms with van der Waals surface area (Å²) in [6, 6.07) is 5.68. The van der Waals surface area contributed by atoms with Crippen molar-refractivity contribution in [1.29, 1.82) is 0 Å². The van der Waals surface area contributed by atoms with Gasteiger partial charge in [0.2, 0.25) is 5.78 Å². The minimum Gasteiger partial charge on any atom is -0.282 e. The number of hydrogen-bond acceptors (Lipinski definition) is 3. The molecular formula is C18H18ClN5O2. The van der Waals surface area contributed by atoms with E-state index < -0.39 is 5.69 Å². The maximum absolute atomic E-state index is 12.8. The fourth-order valence-corrected chi connectivity index (χ4v) is 3.62. The van der Waals surface area contributed by atoms with Crippen molar-refractivity contribution in [3.8, 4) is 5.69 Å². The van der Waals surface area contributed by atoms with Crippen LogP contribution in [0, 0.1) is 20.8 Å². The van der Waals surface area contributed by atoms with Crippen molar-refractivity contribution < 1.29 is 0 Å². The fourth-order valence-electron chi connectivity index (χ4n) is 3.45. The van der Waals surface area contributed by atoms with E-state index in [1.54, 1.807) is 7.05 Å². The summed E-state index contributed by atoms with van der Waals surface area (Å²) >= 11 is 6.31. The van der Waals surface area contributed by atoms with E-state index in [-0.39, 0.29) is 5.56 Å². The lowest BCUT2D eigenvalue weighted by Gasteiger charge is -2.11. The molecular weight excluding hydrogens is 354 g/mol. The Balaban J connectivity index is 2.28. The number of aryl methyl sites for hydroxylation is 2. The molecule has 0 aliphatic carbocycles. The van der Waals surface area contributed by atoms with Crippen LogP contribution in [-0.2, 0) is 14.1 Å². The molecule has 0 bridgehead atoms. The lowest BCUT2D eigenvalue weighted by Crippen LogP contribution is -2.37. The zero-order valence-corrected chi connectivity index (χ0v) is 15.9. The van der Waals surface area contributed by atoms with Crippen molar-refractivity contribution in [2.75, 3.05) is 0 Å². The molecule has 1 aromatic carbocycles. The molecule has 3 heterocycles. The molecule has 134 valence electrons. The molecule has 0 spiro atoms. The van der Waals surface area contributed by atoms with Gasteiger partial charge in [0.25, 0.3) is 5.56 Å². The van der Waals surface area contributed by atoms with Crippen LogP contribution in [0.3, 0.4) is 0 Å². The first kappa shape index (κ1) is 16.7. The Kier molecular flexibility index (Phi) is 3.43. The molecule has 4 aromatic rings. The first-order valence-corrected chi connectivity index (χ1v) is 8.55. The monoisotopic (exact) mass is 371 g/mol. The number of aromatic nitrogens is 5. The topological polar surface area (TPSA) is 66.2 Å². The minimum atomic E-state index is -0.400. The number of rotatable bonds is 1. The van der Waals surface area contributed by atoms with Gasteiger partial charge in [0.15, 0.2) is 11.2 Å². The third kappa shape index (κ3) is 1.92. The van der Waals surface area contributed by atoms with E-state index in [1.165, 1.54) is 11.6 Å². The van der Waals surface area contributed by atoms with Crippen molar-refractivity contribution >= 4 is 28.5 Å². The molecule has 26 heavy (non-hydrogen) atoms. The average Bonchev–Trinajstić information content (AvgIpc) is 3.11. The van der Waals surface area contributed by atoms with Gasteiger partial charge in [0.1, 0.15) is 0 Å². The lowest BCUT2D eigenvalue weighted by molar-refractivity contribution is 0.707. The quantitative estimate of drug-likeness (QED) is 0.515. The number of fused-ring (bicyclic) bond motifs is 3. The van der Waals surface area contributed by atoms with Gasteiger partial charge < -0.3 is 0 Å². The Hall–Kier alpha value is -2.80. The molecule has 0 saturated carbocycles. The molecule has 0 aliphatic heterocycles. The van der Waals surface area contributed by atoms with Crippen LogP contribution in [0.2, 0.25) is 5.02 Å². The van der Waals surface area contributed by atoms with Gasteiger partial charge in [-0.15, -0.1) is 0 Å². The SMILES string of the molecule is Cc1c(Cl)cccc1-n1c(C)c(C)n2c3c(=O)n(C)c(=O)n(C)c3nc12. The first-order valence-electron chi connectivity index (χ1n) is 8.17. The molecule has 7 nitrogen and oxygen atoms in total. The van der Waals surface area contributed by atoms with Gasteiger partial charge in [-0.2, -0.15) is 4.98 Å². The maximum Gasteiger partial charge on any atom is 0.332 e. The smallest absolute Gasteiger partial charge is 0.282 e. The minimum absolute atomic E-state index is 0.362. The Morgan fingerprint density at radius 1 is 1.00 bits per heavy atom. The molecule has 0 saturated heterocycles. The summed E-state index contributed by atoms with van der Waals surface area (Å²) in [5.41, 5.74) is 3.65. The number of halogens is 1. The first-order chi connectivity index (χ1) is 12.3. The van der Waals surface area contributed by atoms with Gasteiger partial charge >= 0.3 is 5.69 Å². The van der Waals surface area contributed by atoms with Crippen LogP contribution in [0.15, 0.2) is 27.8 Å². The molecule has 0 fully saturated rings. The van der Waals surface area contributed by atoms with Crippen LogP contribution in [-0.4, -0.2) is 23.1 Å². The summed E-state index contributed by atoms with van der Waals surface area (Å²) in [5.74, 6) is 0.582. The van der Waals surface area contributed by atoms with Crippen LogP contribution >= 0.6 is 11.6 Å². The second-order valence-corrected chi connectivity index (χ2v) is 6.92. The average molecular weight is 372 g/mol. The van der Waals surface area contributed by atoms with Crippen LogP contribution in [0.1, 0.15) is 17.0 Å². The zero-order valence-electron chi connectivity index (χ0n) is 15.2. The molecule has 8 heteroatoms. The van der Waals surface area contributed by atoms with Gasteiger partial charge in [-0.1, -0.05) is 17.7 Å². The normalized spacial score (nSPS) is 11.8. The van der Waals surface area contributed by atoms with Gasteiger partial charge in [-0.3, -0.25) is 22.9 Å². The summed E-state index contributed by atoms with van der Waals surface area (Å²) in [4.78, 5) is 29.7. The molecule has 3 aromatic heterocycles. The van der Waals surface area contributed by atoms with E-state index in [1.807, 2.05) is 47.9 Å². The highest BCUT2D eigenvalue weighted by atomic mass is 35.5. The Morgan fingerprint density at radius 3 is 2.38 bits per heavy atom. The second-order valence-electron chi connectivity index (χ2n) is 6.52. The highest BCUT2D eigenvalue weighted by Gasteiger charge is 2.23. The zero-order chi connectivity index (χ0) is 18.9. The van der Waals surface area contributed by atoms with Gasteiger partial charge in [-0.05, 0) is 38.5 Å². The molecule has 0 amide bonds. The third-order valence-corrected chi connectivity index (χ3v) is 5.52. The predicted octanol–water partition coefficient (Wildman–Crippen LogP) is 2.25. The largest absolute Gasteiger partial charge is 0.332 e. The summed E-state index contributed by atoms with van der Waals surface area (Å²) in [7, 11) is 3.09. The van der Waals surface area contributed by atoms with Gasteiger partial charge in [0.05, 0.1) is 5.69 Å². The van der Waals surface area contributed by atoms with Crippen LogP contribution in [0.5, 0.6) is 0 Å². The van der Waals surface area contributed by atoms with E-state index in [0.29, 0.717) is 22.0 Å². The number of benzene rings is 1. The molecule has 0 N–H and O–H groups in total. The van der Waals surface area contributed by atoms with Crippen molar-refractivity contribution in [1.82, 2.24) is 23.1 Å². The molecule has 0 unspecified atom stereocenters. The molecule has 0 atom stereocenters. The van der Waals surface area contributed by atoms with E-state index in [9.17, 15) is 9.59 Å². The van der Waals surface area contributed by atoms with Crippen molar-refractivity contribution in [3.63, 3.8) is 0 Å². The number of nitrogens with zero attached hydrogens (tertiary/aromatic N) is 5. The van der Waals surface area contributed by atoms with Crippen LogP contribution < -0.4 is 11.2 Å². The molecule has 0 aliphatic rings. The fraction of sp³-hybridized carbons (Fsp3) is 0.278. The van der Waals surface area contributed by atoms with Crippen LogP contribution in [0.4, 0.5) is 0 Å². The van der Waals surface area contributed by atoms with Crippen molar-refractivity contribution in [3.05, 3.63) is 61.0 Å². The summed E-state index contributed by atoms with van der Waals surface area (Å²) < 4.78 is 6.29. The highest BCUT2D eigenvalue weighted by molar-refractivity contribution is 6.31. The van der Waals surface area contributed by atoms with Crippen molar-refractivity contribution in [2.45, 2.75) is 20.8 Å². The van der Waals surface area contributed by atoms with Crippen molar-refractivity contribution in [2.24, 2.45) is 14.1 Å². The Bertz CT molecular complexity index is 1340. The van der Waals surface area contributed by atoms with E-state index in [0.717, 1.165) is 27.2 Å². The second kappa shape index (κ2) is 5.35. The Morgan fingerprint density at radius 2 is 1.69 bits per heavy atom. The summed E-state index contributed by atoms with van der Waals surface area (Å²) in [5, 5.41) is 0.658. The van der Waals surface area contributed by atoms with Crippen LogP contribution in [0.25, 0.3) is 22.6 Å². The maximum atomic E-state index is 12.8. The standard InChI is InChI=1S/C18H18ClN5O2/c1-9-12(19)7-6-8-13(9)23-10(2)11(3)24-14-15(20-17(23)24)21(4)18(26)22(5)16(14)25/h6-8H,1-5H3. The molecule has 0 radical (unpaired) electrons. The summed E-state index contributed by atoms with van der Waals surface area (Å²) in [6.45, 7) is 5.85. The summed E-state index contributed by atoms with van der Waals surface area (Å²) in [6.07, 6.45) is 0. The highest BCUT2D eigenvalue weighted by Crippen LogP contribution is 2.28. The van der Waals surface area contributed by atoms with E-state index in [2.05, 4.69) is 4.98 Å². The number of imidazole rings is 2. The lowest BCUT2D eigenvalue weighted by atomic mass is 10.2. The van der Waals surface area contributed by atoms with E-state index >= 15 is 0 Å². The van der Waals surface area contributed by atoms with E-state index in [4.69, 9.17) is 11.6 Å². The van der Waals surface area contributed by atoms with Gasteiger partial charge in [-0.25, -0.2) is 4.79 Å². The third-order valence-electron chi connectivity index (χ3n) is 5.11. The Labute approximate surface area is 153 Å². The predicted molar refractivity (Wildman–Crippen MR) is 102 cm³/mol. The number of hydrogen-bond donors (Lipinski definition) is 0.